The van der Waals surface area contributed by atoms with Crippen LogP contribution in [0.25, 0.3) is 66.1 Å². The van der Waals surface area contributed by atoms with E-state index in [0.717, 1.165) is 17.1 Å². The van der Waals surface area contributed by atoms with Crippen LogP contribution in [0.3, 0.4) is 0 Å². The Labute approximate surface area is 299 Å². The molecule has 1 heteroatoms. The molecule has 0 fully saturated rings. The molecule has 0 saturated carbocycles. The maximum atomic E-state index is 2.37. The molecule has 0 aliphatic heterocycles. The molecule has 0 saturated heterocycles. The van der Waals surface area contributed by atoms with Crippen molar-refractivity contribution >= 4 is 38.6 Å². The summed E-state index contributed by atoms with van der Waals surface area (Å²) in [5.41, 5.74) is 13.1. The van der Waals surface area contributed by atoms with Crippen LogP contribution < -0.4 is 4.90 Å². The Hall–Kier alpha value is -6.70. The van der Waals surface area contributed by atoms with Gasteiger partial charge in [-0.2, -0.15) is 0 Å². The third-order valence-electron chi connectivity index (χ3n) is 9.88. The van der Waals surface area contributed by atoms with Crippen LogP contribution >= 0.6 is 0 Å². The summed E-state index contributed by atoms with van der Waals surface area (Å²) >= 11 is 0. The Morgan fingerprint density at radius 3 is 1.24 bits per heavy atom. The molecular weight excluding hydrogens is 615 g/mol. The Morgan fingerprint density at radius 2 is 0.647 bits per heavy atom. The highest BCUT2D eigenvalue weighted by Gasteiger charge is 2.16. The summed E-state index contributed by atoms with van der Waals surface area (Å²) in [4.78, 5) is 2.37. The molecule has 0 atom stereocenters. The minimum Gasteiger partial charge on any atom is -0.310 e. The van der Waals surface area contributed by atoms with Gasteiger partial charge in [0.15, 0.2) is 0 Å². The largest absolute Gasteiger partial charge is 0.310 e. The number of anilines is 3. The van der Waals surface area contributed by atoms with Gasteiger partial charge in [-0.3, -0.25) is 0 Å². The van der Waals surface area contributed by atoms with Gasteiger partial charge in [0.05, 0.1) is 5.69 Å². The van der Waals surface area contributed by atoms with Crippen LogP contribution in [0.2, 0.25) is 0 Å². The van der Waals surface area contributed by atoms with E-state index in [1.54, 1.807) is 0 Å². The lowest BCUT2D eigenvalue weighted by molar-refractivity contribution is 1.30. The standard InChI is InChI=1S/C50H35N/c1-3-12-36(13-4-1)38-28-32-44(33-29-38)51(49-23-11-17-40-16-7-8-20-46(40)49)45-34-30-39(31-35-45)37-24-26-42(27-25-37)48-22-10-19-43-18-9-21-47(50(43)48)41-14-5-2-6-15-41/h1-35H. The summed E-state index contributed by atoms with van der Waals surface area (Å²) in [6.07, 6.45) is 0. The maximum absolute atomic E-state index is 2.37. The second-order valence-corrected chi connectivity index (χ2v) is 12.9. The third kappa shape index (κ3) is 5.86. The minimum absolute atomic E-state index is 1.11. The average Bonchev–Trinajstić information content (AvgIpc) is 3.22. The molecule has 0 bridgehead atoms. The van der Waals surface area contributed by atoms with Gasteiger partial charge < -0.3 is 4.90 Å². The van der Waals surface area contributed by atoms with E-state index in [1.807, 2.05) is 0 Å². The third-order valence-corrected chi connectivity index (χ3v) is 9.88. The fraction of sp³-hybridized carbons (Fsp3) is 0. The fourth-order valence-electron chi connectivity index (χ4n) is 7.35. The van der Waals surface area contributed by atoms with E-state index in [0.29, 0.717) is 0 Å². The van der Waals surface area contributed by atoms with Crippen molar-refractivity contribution < 1.29 is 0 Å². The van der Waals surface area contributed by atoms with Gasteiger partial charge >= 0.3 is 0 Å². The average molecular weight is 650 g/mol. The first-order chi connectivity index (χ1) is 25.3. The van der Waals surface area contributed by atoms with E-state index in [-0.39, 0.29) is 0 Å². The number of hydrogen-bond acceptors (Lipinski definition) is 1. The highest BCUT2D eigenvalue weighted by Crippen LogP contribution is 2.41. The maximum Gasteiger partial charge on any atom is 0.0540 e. The van der Waals surface area contributed by atoms with Gasteiger partial charge in [-0.1, -0.05) is 182 Å². The van der Waals surface area contributed by atoms with E-state index < -0.39 is 0 Å². The van der Waals surface area contributed by atoms with Gasteiger partial charge in [-0.25, -0.2) is 0 Å². The topological polar surface area (TPSA) is 3.24 Å². The van der Waals surface area contributed by atoms with Crippen LogP contribution in [0, 0.1) is 0 Å². The Balaban J connectivity index is 1.07. The predicted molar refractivity (Wildman–Crippen MR) is 218 cm³/mol. The molecule has 0 aliphatic rings. The molecule has 9 aromatic rings. The molecule has 51 heavy (non-hydrogen) atoms. The summed E-state index contributed by atoms with van der Waals surface area (Å²) in [5.74, 6) is 0. The molecule has 9 rings (SSSR count). The molecule has 0 aromatic heterocycles. The predicted octanol–water partition coefficient (Wildman–Crippen LogP) is 14.1. The van der Waals surface area contributed by atoms with Gasteiger partial charge in [0.2, 0.25) is 0 Å². The first kappa shape index (κ1) is 30.4. The fourth-order valence-corrected chi connectivity index (χ4v) is 7.35. The van der Waals surface area contributed by atoms with Crippen LogP contribution in [0.15, 0.2) is 212 Å². The van der Waals surface area contributed by atoms with Crippen molar-refractivity contribution in [1.29, 1.82) is 0 Å². The monoisotopic (exact) mass is 649 g/mol. The Kier molecular flexibility index (Phi) is 7.92. The van der Waals surface area contributed by atoms with E-state index in [9.17, 15) is 0 Å². The minimum atomic E-state index is 1.11. The lowest BCUT2D eigenvalue weighted by atomic mass is 9.91. The van der Waals surface area contributed by atoms with Crippen LogP contribution in [-0.2, 0) is 0 Å². The van der Waals surface area contributed by atoms with E-state index in [2.05, 4.69) is 217 Å². The molecule has 0 amide bonds. The number of benzene rings is 9. The van der Waals surface area contributed by atoms with Crippen molar-refractivity contribution in [2.75, 3.05) is 4.90 Å². The van der Waals surface area contributed by atoms with Gasteiger partial charge in [-0.05, 0) is 91.0 Å². The molecule has 1 nitrogen and oxygen atoms in total. The zero-order chi connectivity index (χ0) is 34.0. The summed E-state index contributed by atoms with van der Waals surface area (Å²) in [6, 6.07) is 76.5. The van der Waals surface area contributed by atoms with Crippen molar-refractivity contribution in [3.8, 4) is 44.5 Å². The number of fused-ring (bicyclic) bond motifs is 2. The summed E-state index contributed by atoms with van der Waals surface area (Å²) in [5, 5.41) is 4.97. The van der Waals surface area contributed by atoms with Crippen LogP contribution in [-0.4, -0.2) is 0 Å². The summed E-state index contributed by atoms with van der Waals surface area (Å²) in [6.45, 7) is 0. The van der Waals surface area contributed by atoms with Crippen molar-refractivity contribution in [3.05, 3.63) is 212 Å². The van der Waals surface area contributed by atoms with Crippen LogP contribution in [0.1, 0.15) is 0 Å². The van der Waals surface area contributed by atoms with Crippen molar-refractivity contribution in [1.82, 2.24) is 0 Å². The molecule has 0 N–H and O–H groups in total. The molecular formula is C50H35N. The van der Waals surface area contributed by atoms with E-state index in [4.69, 9.17) is 0 Å². The number of nitrogens with zero attached hydrogens (tertiary/aromatic N) is 1. The molecule has 0 aliphatic carbocycles. The zero-order valence-electron chi connectivity index (χ0n) is 28.2. The first-order valence-corrected chi connectivity index (χ1v) is 17.5. The Morgan fingerprint density at radius 1 is 0.255 bits per heavy atom. The summed E-state index contributed by atoms with van der Waals surface area (Å²) in [7, 11) is 0. The van der Waals surface area contributed by atoms with Crippen LogP contribution in [0.5, 0.6) is 0 Å². The van der Waals surface area contributed by atoms with Crippen molar-refractivity contribution in [2.24, 2.45) is 0 Å². The van der Waals surface area contributed by atoms with Gasteiger partial charge in [-0.15, -0.1) is 0 Å². The number of rotatable bonds is 7. The van der Waals surface area contributed by atoms with Gasteiger partial charge in [0, 0.05) is 16.8 Å². The zero-order valence-corrected chi connectivity index (χ0v) is 28.2. The van der Waals surface area contributed by atoms with Crippen LogP contribution in [0.4, 0.5) is 17.1 Å². The molecule has 240 valence electrons. The molecule has 0 unspecified atom stereocenters. The molecule has 9 aromatic carbocycles. The molecule has 0 heterocycles. The SMILES string of the molecule is c1ccc(-c2ccc(N(c3ccc(-c4ccc(-c5cccc6cccc(-c7ccccc7)c56)cc4)cc3)c3cccc4ccccc34)cc2)cc1. The quantitative estimate of drug-likeness (QED) is 0.166. The van der Waals surface area contributed by atoms with E-state index >= 15 is 0 Å². The van der Waals surface area contributed by atoms with Gasteiger partial charge in [0.25, 0.3) is 0 Å². The highest BCUT2D eigenvalue weighted by atomic mass is 15.1. The first-order valence-electron chi connectivity index (χ1n) is 17.5. The smallest absolute Gasteiger partial charge is 0.0540 e. The summed E-state index contributed by atoms with van der Waals surface area (Å²) < 4.78 is 0. The van der Waals surface area contributed by atoms with E-state index in [1.165, 1.54) is 66.1 Å². The van der Waals surface area contributed by atoms with Crippen molar-refractivity contribution in [2.45, 2.75) is 0 Å². The van der Waals surface area contributed by atoms with Crippen molar-refractivity contribution in [3.63, 3.8) is 0 Å². The number of hydrogen-bond donors (Lipinski definition) is 0. The molecule has 0 spiro atoms. The normalized spacial score (nSPS) is 11.1. The highest BCUT2D eigenvalue weighted by molar-refractivity contribution is 6.06. The Bertz CT molecular complexity index is 2580. The van der Waals surface area contributed by atoms with Gasteiger partial charge in [0.1, 0.15) is 0 Å². The lowest BCUT2D eigenvalue weighted by Gasteiger charge is -2.27. The second kappa shape index (κ2) is 13.3. The molecule has 0 radical (unpaired) electrons. The second-order valence-electron chi connectivity index (χ2n) is 12.9. The lowest BCUT2D eigenvalue weighted by Crippen LogP contribution is -2.10.